The van der Waals surface area contributed by atoms with E-state index in [1.54, 1.807) is 6.07 Å². The Bertz CT molecular complexity index is 1620. The molecule has 2 aliphatic rings. The summed E-state index contributed by atoms with van der Waals surface area (Å²) in [6, 6.07) is 11.0. The van der Waals surface area contributed by atoms with Crippen LogP contribution in [0.4, 0.5) is 19.0 Å². The van der Waals surface area contributed by atoms with Crippen LogP contribution in [0, 0.1) is 18.3 Å². The number of aryl methyl sites for hydroxylation is 1. The molecule has 1 aromatic carbocycles. The lowest BCUT2D eigenvalue weighted by molar-refractivity contribution is -0.126. The summed E-state index contributed by atoms with van der Waals surface area (Å²) in [5.74, 6) is 0.610. The number of alkyl halides is 3. The fourth-order valence-corrected chi connectivity index (χ4v) is 7.49. The maximum Gasteiger partial charge on any atom is 0.393 e. The van der Waals surface area contributed by atoms with Gasteiger partial charge in [-0.2, -0.15) is 18.4 Å². The number of hydrogen-bond donors (Lipinski definition) is 2. The van der Waals surface area contributed by atoms with Crippen LogP contribution in [0.15, 0.2) is 30.6 Å². The quantitative estimate of drug-likeness (QED) is 0.280. The van der Waals surface area contributed by atoms with Gasteiger partial charge in [-0.15, -0.1) is 11.3 Å². The molecule has 0 unspecified atom stereocenters. The fourth-order valence-electron chi connectivity index (χ4n) is 6.46. The first kappa shape index (κ1) is 29.8. The van der Waals surface area contributed by atoms with Crippen molar-refractivity contribution < 1.29 is 13.2 Å². The van der Waals surface area contributed by atoms with Crippen molar-refractivity contribution in [1.29, 1.82) is 5.26 Å². The number of nitrogens with one attached hydrogen (secondary N) is 2. The van der Waals surface area contributed by atoms with Crippen molar-refractivity contribution in [3.63, 3.8) is 0 Å². The average Bonchev–Trinajstić information content (AvgIpc) is 3.56. The van der Waals surface area contributed by atoms with Gasteiger partial charge in [0.15, 0.2) is 0 Å². The van der Waals surface area contributed by atoms with Crippen LogP contribution in [0.2, 0.25) is 0 Å². The second kappa shape index (κ2) is 12.4. The summed E-state index contributed by atoms with van der Waals surface area (Å²) < 4.78 is 40.9. The molecule has 228 valence electrons. The van der Waals surface area contributed by atoms with Crippen LogP contribution in [-0.2, 0) is 19.5 Å². The molecule has 1 atom stereocenters. The molecule has 4 aromatic rings. The van der Waals surface area contributed by atoms with Gasteiger partial charge >= 0.3 is 6.18 Å². The van der Waals surface area contributed by atoms with Gasteiger partial charge in [0, 0.05) is 80.2 Å². The molecule has 8 nitrogen and oxygen atoms in total. The van der Waals surface area contributed by atoms with Crippen LogP contribution in [0.5, 0.6) is 0 Å². The number of fused-ring (bicyclic) bond motifs is 2. The minimum atomic E-state index is -4.25. The number of nitrogens with zero attached hydrogens (tertiary/aromatic N) is 6. The van der Waals surface area contributed by atoms with Gasteiger partial charge in [-0.05, 0) is 56.0 Å². The highest BCUT2D eigenvalue weighted by Crippen LogP contribution is 2.33. The Hall–Kier alpha value is -3.24. The van der Waals surface area contributed by atoms with Crippen molar-refractivity contribution >= 4 is 38.3 Å². The summed E-state index contributed by atoms with van der Waals surface area (Å²) in [4.78, 5) is 14.3. The Morgan fingerprint density at radius 1 is 1.12 bits per heavy atom. The van der Waals surface area contributed by atoms with Gasteiger partial charge in [0.2, 0.25) is 0 Å². The number of halogens is 3. The summed E-state index contributed by atoms with van der Waals surface area (Å²) in [7, 11) is 0. The van der Waals surface area contributed by atoms with E-state index in [-0.39, 0.29) is 10.9 Å². The largest absolute Gasteiger partial charge is 0.393 e. The number of likely N-dealkylation sites (tertiary alicyclic amines) is 1. The molecule has 0 bridgehead atoms. The van der Waals surface area contributed by atoms with E-state index in [1.165, 1.54) is 17.5 Å². The van der Waals surface area contributed by atoms with E-state index in [9.17, 15) is 18.4 Å². The number of piperidine rings is 1. The second-order valence-corrected chi connectivity index (χ2v) is 12.9. The van der Waals surface area contributed by atoms with E-state index >= 15 is 0 Å². The highest BCUT2D eigenvalue weighted by molar-refractivity contribution is 7.18. The monoisotopic (exact) mass is 610 g/mol. The zero-order valence-corrected chi connectivity index (χ0v) is 25.4. The molecular weight excluding hydrogens is 573 g/mol. The molecule has 12 heteroatoms. The minimum Gasteiger partial charge on any atom is -0.367 e. The molecular formula is C31H37F3N8S. The molecule has 0 saturated carbocycles. The summed E-state index contributed by atoms with van der Waals surface area (Å²) in [6.07, 6.45) is -1.96. The molecule has 3 aromatic heterocycles. The Kier molecular flexibility index (Phi) is 8.60. The Labute approximate surface area is 253 Å². The molecule has 2 fully saturated rings. The predicted octanol–water partition coefficient (Wildman–Crippen LogP) is 5.30. The summed E-state index contributed by atoms with van der Waals surface area (Å²) in [6.45, 7) is 11.9. The maximum atomic E-state index is 12.9. The van der Waals surface area contributed by atoms with Crippen LogP contribution < -0.4 is 10.6 Å². The molecule has 43 heavy (non-hydrogen) atoms. The third-order valence-electron chi connectivity index (χ3n) is 8.88. The Morgan fingerprint density at radius 2 is 1.88 bits per heavy atom. The highest BCUT2D eigenvalue weighted by atomic mass is 32.1. The standard InChI is InChI=1S/C31H37F3N8S/c1-20(41-11-7-36-8-12-41)17-42-24(16-35)13-26-21(2)22(3-4-28(26)42)18-40-9-5-23(6-10-40)39-29-27-14-25(15-31(32,33)34)43-30(27)38-19-37-29/h3-4,13-14,19-20,23,36H,5-12,15,17-18H2,1-2H3,(H,37,38,39)/t20-/m1/s1. The van der Waals surface area contributed by atoms with E-state index < -0.39 is 12.6 Å². The first-order valence-electron chi connectivity index (χ1n) is 14.9. The van der Waals surface area contributed by atoms with Crippen molar-refractivity contribution in [1.82, 2.24) is 29.7 Å². The fraction of sp³-hybridized carbons (Fsp3) is 0.516. The van der Waals surface area contributed by atoms with E-state index in [4.69, 9.17) is 0 Å². The molecule has 0 radical (unpaired) electrons. The second-order valence-electron chi connectivity index (χ2n) is 11.8. The van der Waals surface area contributed by atoms with Crippen LogP contribution in [0.1, 0.15) is 41.5 Å². The molecule has 6 rings (SSSR count). The van der Waals surface area contributed by atoms with Crippen molar-refractivity contribution in [2.24, 2.45) is 0 Å². The Balaban J connectivity index is 1.10. The number of hydrogen-bond acceptors (Lipinski definition) is 8. The zero-order chi connectivity index (χ0) is 30.1. The van der Waals surface area contributed by atoms with Gasteiger partial charge in [0.1, 0.15) is 28.7 Å². The number of rotatable bonds is 8. The van der Waals surface area contributed by atoms with Crippen molar-refractivity contribution in [3.8, 4) is 6.07 Å². The molecule has 0 amide bonds. The topological polar surface area (TPSA) is 85.0 Å². The van der Waals surface area contributed by atoms with Gasteiger partial charge < -0.3 is 15.2 Å². The molecule has 0 spiro atoms. The Morgan fingerprint density at radius 3 is 2.60 bits per heavy atom. The van der Waals surface area contributed by atoms with Gasteiger partial charge in [0.25, 0.3) is 0 Å². The van der Waals surface area contributed by atoms with E-state index in [1.807, 2.05) is 6.07 Å². The molecule has 2 N–H and O–H groups in total. The van der Waals surface area contributed by atoms with E-state index in [0.717, 1.165) is 87.4 Å². The van der Waals surface area contributed by atoms with E-state index in [2.05, 4.69) is 67.0 Å². The van der Waals surface area contributed by atoms with Crippen LogP contribution >= 0.6 is 11.3 Å². The zero-order valence-electron chi connectivity index (χ0n) is 24.5. The SMILES string of the molecule is Cc1c(CN2CCC(Nc3ncnc4sc(CC(F)(F)F)cc34)CC2)ccc2c1cc(C#N)n2C[C@@H](C)N1CCNCC1. The molecule has 2 saturated heterocycles. The number of aromatic nitrogens is 3. The predicted molar refractivity (Wildman–Crippen MR) is 164 cm³/mol. The normalized spacial score (nSPS) is 18.3. The van der Waals surface area contributed by atoms with E-state index in [0.29, 0.717) is 27.8 Å². The lowest BCUT2D eigenvalue weighted by atomic mass is 10.0. The van der Waals surface area contributed by atoms with Crippen LogP contribution in [-0.4, -0.2) is 81.9 Å². The first-order valence-corrected chi connectivity index (χ1v) is 15.8. The number of anilines is 1. The first-order chi connectivity index (χ1) is 20.7. The number of nitriles is 1. The summed E-state index contributed by atoms with van der Waals surface area (Å²) in [5.41, 5.74) is 4.31. The van der Waals surface area contributed by atoms with Gasteiger partial charge in [-0.1, -0.05) is 6.07 Å². The average molecular weight is 611 g/mol. The molecule has 0 aliphatic carbocycles. The summed E-state index contributed by atoms with van der Waals surface area (Å²) in [5, 5.41) is 18.6. The lowest BCUT2D eigenvalue weighted by Crippen LogP contribution is -2.48. The summed E-state index contributed by atoms with van der Waals surface area (Å²) >= 11 is 1.07. The van der Waals surface area contributed by atoms with Crippen LogP contribution in [0.25, 0.3) is 21.1 Å². The lowest BCUT2D eigenvalue weighted by Gasteiger charge is -2.33. The number of piperazine rings is 1. The van der Waals surface area contributed by atoms with Crippen molar-refractivity contribution in [3.05, 3.63) is 52.3 Å². The van der Waals surface area contributed by atoms with Gasteiger partial charge in [-0.25, -0.2) is 9.97 Å². The highest BCUT2D eigenvalue weighted by Gasteiger charge is 2.29. The third-order valence-corrected chi connectivity index (χ3v) is 9.92. The van der Waals surface area contributed by atoms with Crippen molar-refractivity contribution in [2.45, 2.75) is 64.5 Å². The maximum absolute atomic E-state index is 12.9. The molecule has 2 aliphatic heterocycles. The third kappa shape index (κ3) is 6.65. The van der Waals surface area contributed by atoms with Gasteiger partial charge in [-0.3, -0.25) is 9.80 Å². The smallest absolute Gasteiger partial charge is 0.367 e. The van der Waals surface area contributed by atoms with Crippen molar-refractivity contribution in [2.75, 3.05) is 44.6 Å². The number of thiophene rings is 1. The minimum absolute atomic E-state index is 0.189. The number of benzene rings is 1. The molecule has 5 heterocycles. The van der Waals surface area contributed by atoms with Crippen LogP contribution in [0.3, 0.4) is 0 Å². The van der Waals surface area contributed by atoms with Gasteiger partial charge in [0.05, 0.1) is 11.8 Å².